The van der Waals surface area contributed by atoms with Crippen molar-refractivity contribution in [1.82, 2.24) is 0 Å². The summed E-state index contributed by atoms with van der Waals surface area (Å²) in [7, 11) is 0. The quantitative estimate of drug-likeness (QED) is 0.872. The Morgan fingerprint density at radius 3 is 2.78 bits per heavy atom. The summed E-state index contributed by atoms with van der Waals surface area (Å²) in [5.74, 6) is 2.20. The van der Waals surface area contributed by atoms with Gasteiger partial charge in [-0.15, -0.1) is 0 Å². The molecule has 0 atom stereocenters. The first-order valence-corrected chi connectivity index (χ1v) is 7.21. The van der Waals surface area contributed by atoms with Crippen LogP contribution in [0.25, 0.3) is 0 Å². The summed E-state index contributed by atoms with van der Waals surface area (Å²) < 4.78 is 18.8. The zero-order chi connectivity index (χ0) is 13.0. The molecule has 2 nitrogen and oxygen atoms in total. The van der Waals surface area contributed by atoms with Crippen molar-refractivity contribution in [3.05, 3.63) is 52.7 Å². The number of thioether (sulfide) groups is 1. The van der Waals surface area contributed by atoms with E-state index in [0.717, 1.165) is 17.3 Å². The maximum Gasteiger partial charge on any atom is 0.143 e. The lowest BCUT2D eigenvalue weighted by Gasteiger charge is -2.05. The number of hydrogen-bond acceptors (Lipinski definition) is 3. The van der Waals surface area contributed by atoms with E-state index in [1.807, 2.05) is 18.4 Å². The van der Waals surface area contributed by atoms with E-state index >= 15 is 0 Å². The van der Waals surface area contributed by atoms with Crippen molar-refractivity contribution in [3.8, 4) is 0 Å². The smallest absolute Gasteiger partial charge is 0.143 e. The molecule has 0 aliphatic heterocycles. The van der Waals surface area contributed by atoms with Crippen LogP contribution in [-0.4, -0.2) is 6.26 Å². The van der Waals surface area contributed by atoms with Crippen LogP contribution in [0, 0.1) is 5.82 Å². The van der Waals surface area contributed by atoms with Crippen molar-refractivity contribution in [3.63, 3.8) is 0 Å². The second kappa shape index (κ2) is 6.16. The van der Waals surface area contributed by atoms with Gasteiger partial charge in [-0.2, -0.15) is 11.8 Å². The van der Waals surface area contributed by atoms with Crippen molar-refractivity contribution in [2.24, 2.45) is 0 Å². The molecule has 18 heavy (non-hydrogen) atoms. The van der Waals surface area contributed by atoms with Crippen LogP contribution in [0.3, 0.4) is 0 Å². The van der Waals surface area contributed by atoms with Crippen LogP contribution in [0.4, 0.5) is 10.1 Å². The molecule has 1 heterocycles. The third-order valence-corrected chi connectivity index (χ3v) is 3.27. The maximum atomic E-state index is 13.2. The highest BCUT2D eigenvalue weighted by Gasteiger charge is 2.03. The largest absolute Gasteiger partial charge is 0.463 e. The van der Waals surface area contributed by atoms with E-state index in [9.17, 15) is 4.39 Å². The number of nitrogens with one attached hydrogen (secondary N) is 1. The summed E-state index contributed by atoms with van der Waals surface area (Å²) >= 11 is 7.32. The lowest BCUT2D eigenvalue weighted by Crippen LogP contribution is -1.98. The SMILES string of the molecule is CSCc1ccc(CNc2ccc(Cl)c(F)c2)o1. The van der Waals surface area contributed by atoms with Crippen LogP contribution in [0.1, 0.15) is 11.5 Å². The van der Waals surface area contributed by atoms with Crippen molar-refractivity contribution >= 4 is 29.1 Å². The minimum Gasteiger partial charge on any atom is -0.463 e. The number of anilines is 1. The second-order valence-electron chi connectivity index (χ2n) is 3.78. The first-order chi connectivity index (χ1) is 8.69. The fraction of sp³-hybridized carbons (Fsp3) is 0.231. The van der Waals surface area contributed by atoms with Gasteiger partial charge in [0.05, 0.1) is 17.3 Å². The van der Waals surface area contributed by atoms with E-state index in [1.54, 1.807) is 17.8 Å². The third kappa shape index (κ3) is 3.43. The van der Waals surface area contributed by atoms with E-state index in [2.05, 4.69) is 5.32 Å². The summed E-state index contributed by atoms with van der Waals surface area (Å²) in [6.07, 6.45) is 2.02. The molecule has 2 aromatic rings. The van der Waals surface area contributed by atoms with E-state index in [1.165, 1.54) is 12.1 Å². The predicted molar refractivity (Wildman–Crippen MR) is 74.7 cm³/mol. The van der Waals surface area contributed by atoms with Crippen LogP contribution < -0.4 is 5.32 Å². The van der Waals surface area contributed by atoms with Gasteiger partial charge in [0.1, 0.15) is 17.3 Å². The first-order valence-electron chi connectivity index (χ1n) is 5.44. The minimum absolute atomic E-state index is 0.126. The van der Waals surface area contributed by atoms with Crippen molar-refractivity contribution in [2.75, 3.05) is 11.6 Å². The van der Waals surface area contributed by atoms with Gasteiger partial charge in [-0.05, 0) is 36.6 Å². The van der Waals surface area contributed by atoms with Crippen molar-refractivity contribution in [2.45, 2.75) is 12.3 Å². The molecule has 5 heteroatoms. The normalized spacial score (nSPS) is 10.6. The van der Waals surface area contributed by atoms with Gasteiger partial charge < -0.3 is 9.73 Å². The Hall–Kier alpha value is -1.13. The molecule has 0 bridgehead atoms. The highest BCUT2D eigenvalue weighted by Crippen LogP contribution is 2.20. The predicted octanol–water partition coefficient (Wildman–Crippen LogP) is 4.55. The van der Waals surface area contributed by atoms with Gasteiger partial charge in [0.2, 0.25) is 0 Å². The highest BCUT2D eigenvalue weighted by molar-refractivity contribution is 7.97. The highest BCUT2D eigenvalue weighted by atomic mass is 35.5. The van der Waals surface area contributed by atoms with Gasteiger partial charge in [0, 0.05) is 5.69 Å². The summed E-state index contributed by atoms with van der Waals surface area (Å²) in [6, 6.07) is 8.51. The molecule has 0 aliphatic rings. The van der Waals surface area contributed by atoms with Gasteiger partial charge in [-0.25, -0.2) is 4.39 Å². The fourth-order valence-electron chi connectivity index (χ4n) is 1.53. The van der Waals surface area contributed by atoms with Crippen LogP contribution in [0.15, 0.2) is 34.7 Å². The Kier molecular flexibility index (Phi) is 4.55. The number of furan rings is 1. The van der Waals surface area contributed by atoms with Crippen LogP contribution in [0.5, 0.6) is 0 Å². The van der Waals surface area contributed by atoms with Crippen LogP contribution >= 0.6 is 23.4 Å². The zero-order valence-electron chi connectivity index (χ0n) is 9.87. The van der Waals surface area contributed by atoms with E-state index in [-0.39, 0.29) is 5.02 Å². The molecule has 96 valence electrons. The summed E-state index contributed by atoms with van der Waals surface area (Å²) in [4.78, 5) is 0. The van der Waals surface area contributed by atoms with Gasteiger partial charge in [0.25, 0.3) is 0 Å². The number of hydrogen-bond donors (Lipinski definition) is 1. The number of halogens is 2. The minimum atomic E-state index is -0.427. The lowest BCUT2D eigenvalue weighted by atomic mass is 10.3. The topological polar surface area (TPSA) is 25.2 Å². The van der Waals surface area contributed by atoms with E-state index < -0.39 is 5.82 Å². The standard InChI is InChI=1S/C13H13ClFNOS/c1-18-8-11-4-3-10(17-11)7-16-9-2-5-12(14)13(15)6-9/h2-6,16H,7-8H2,1H3. The molecule has 0 unspecified atom stereocenters. The number of rotatable bonds is 5. The number of benzene rings is 1. The van der Waals surface area contributed by atoms with Crippen LogP contribution in [0.2, 0.25) is 5.02 Å². The van der Waals surface area contributed by atoms with E-state index in [4.69, 9.17) is 16.0 Å². The fourth-order valence-corrected chi connectivity index (χ4v) is 2.09. The Morgan fingerprint density at radius 1 is 1.28 bits per heavy atom. The van der Waals surface area contributed by atoms with Gasteiger partial charge in [-0.3, -0.25) is 0 Å². The maximum absolute atomic E-state index is 13.2. The zero-order valence-corrected chi connectivity index (χ0v) is 11.4. The molecule has 0 saturated carbocycles. The summed E-state index contributed by atoms with van der Waals surface area (Å²) in [5, 5.41) is 3.21. The molecule has 1 aromatic carbocycles. The Balaban J connectivity index is 1.95. The van der Waals surface area contributed by atoms with Crippen LogP contribution in [-0.2, 0) is 12.3 Å². The van der Waals surface area contributed by atoms with E-state index in [0.29, 0.717) is 12.2 Å². The molecule has 0 spiro atoms. The Morgan fingerprint density at radius 2 is 2.06 bits per heavy atom. The first kappa shape index (κ1) is 13.3. The molecular weight excluding hydrogens is 273 g/mol. The summed E-state index contributed by atoms with van der Waals surface area (Å²) in [6.45, 7) is 0.523. The van der Waals surface area contributed by atoms with Gasteiger partial charge in [0.15, 0.2) is 0 Å². The lowest BCUT2D eigenvalue weighted by molar-refractivity contribution is 0.487. The van der Waals surface area contributed by atoms with Crippen molar-refractivity contribution in [1.29, 1.82) is 0 Å². The van der Waals surface area contributed by atoms with Gasteiger partial charge >= 0.3 is 0 Å². The average molecular weight is 286 g/mol. The Labute approximate surface area is 115 Å². The molecule has 2 rings (SSSR count). The van der Waals surface area contributed by atoms with Crippen molar-refractivity contribution < 1.29 is 8.81 Å². The second-order valence-corrected chi connectivity index (χ2v) is 5.06. The molecule has 1 aromatic heterocycles. The molecule has 0 saturated heterocycles. The molecule has 0 amide bonds. The molecular formula is C13H13ClFNOS. The molecule has 0 aliphatic carbocycles. The molecule has 0 radical (unpaired) electrons. The van der Waals surface area contributed by atoms with Gasteiger partial charge in [-0.1, -0.05) is 11.6 Å². The third-order valence-electron chi connectivity index (χ3n) is 2.39. The monoisotopic (exact) mass is 285 g/mol. The molecule has 1 N–H and O–H groups in total. The molecule has 0 fully saturated rings. The summed E-state index contributed by atoms with van der Waals surface area (Å²) in [5.41, 5.74) is 0.680. The Bertz CT molecular complexity index is 529. The average Bonchev–Trinajstić information content (AvgIpc) is 2.79.